The van der Waals surface area contributed by atoms with Gasteiger partial charge in [-0.3, -0.25) is 9.59 Å². The monoisotopic (exact) mass is 422 g/mol. The topological polar surface area (TPSA) is 77.3 Å². The van der Waals surface area contributed by atoms with E-state index in [2.05, 4.69) is 17.1 Å². The molecular formula is C19H26N4O3S2. The van der Waals surface area contributed by atoms with E-state index in [1.807, 2.05) is 40.8 Å². The minimum Gasteiger partial charge on any atom is -0.466 e. The molecule has 1 fully saturated rings. The van der Waals surface area contributed by atoms with E-state index in [0.717, 1.165) is 22.4 Å². The molecule has 152 valence electrons. The Morgan fingerprint density at radius 1 is 1.32 bits per heavy atom. The second kappa shape index (κ2) is 9.56. The molecule has 0 bridgehead atoms. The number of hydrogen-bond donors (Lipinski definition) is 0. The molecule has 2 aromatic rings. The molecular weight excluding hydrogens is 396 g/mol. The van der Waals surface area contributed by atoms with Gasteiger partial charge >= 0.3 is 5.97 Å². The third-order valence-electron chi connectivity index (χ3n) is 4.83. The fraction of sp³-hybridized carbons (Fsp3) is 0.579. The molecule has 7 nitrogen and oxygen atoms in total. The Hall–Kier alpha value is -1.87. The van der Waals surface area contributed by atoms with Crippen LogP contribution in [-0.4, -0.2) is 56.5 Å². The number of carbonyl (C=O) groups excluding carboxylic acids is 2. The predicted octanol–water partition coefficient (Wildman–Crippen LogP) is 3.31. The van der Waals surface area contributed by atoms with Crippen molar-refractivity contribution in [3.63, 3.8) is 0 Å². The van der Waals surface area contributed by atoms with Gasteiger partial charge in [0.25, 0.3) is 0 Å². The maximum atomic E-state index is 12.9. The van der Waals surface area contributed by atoms with Crippen LogP contribution in [0.4, 0.5) is 0 Å². The first-order valence-corrected chi connectivity index (χ1v) is 11.4. The summed E-state index contributed by atoms with van der Waals surface area (Å²) in [5.74, 6) is 0.684. The summed E-state index contributed by atoms with van der Waals surface area (Å²) < 4.78 is 7.15. The van der Waals surface area contributed by atoms with Gasteiger partial charge < -0.3 is 14.2 Å². The van der Waals surface area contributed by atoms with Gasteiger partial charge in [-0.15, -0.1) is 21.5 Å². The van der Waals surface area contributed by atoms with Gasteiger partial charge in [0.2, 0.25) is 5.91 Å². The Kier molecular flexibility index (Phi) is 7.12. The van der Waals surface area contributed by atoms with Gasteiger partial charge in [-0.2, -0.15) is 0 Å². The zero-order chi connectivity index (χ0) is 20.1. The summed E-state index contributed by atoms with van der Waals surface area (Å²) in [7, 11) is 0. The van der Waals surface area contributed by atoms with Crippen LogP contribution < -0.4 is 0 Å². The first kappa shape index (κ1) is 20.9. The van der Waals surface area contributed by atoms with Crippen molar-refractivity contribution in [1.82, 2.24) is 19.7 Å². The van der Waals surface area contributed by atoms with Crippen LogP contribution in [0.15, 0.2) is 22.7 Å². The number of aromatic nitrogens is 3. The Balaban J connectivity index is 1.60. The fourth-order valence-electron chi connectivity index (χ4n) is 3.31. The molecule has 28 heavy (non-hydrogen) atoms. The van der Waals surface area contributed by atoms with Gasteiger partial charge in [0.1, 0.15) is 0 Å². The lowest BCUT2D eigenvalue weighted by molar-refractivity contribution is -0.151. The molecule has 2 aromatic heterocycles. The van der Waals surface area contributed by atoms with Crippen LogP contribution in [0.1, 0.15) is 33.6 Å². The average molecular weight is 423 g/mol. The third kappa shape index (κ3) is 4.57. The molecule has 0 saturated carbocycles. The maximum Gasteiger partial charge on any atom is 0.309 e. The Labute approximate surface area is 173 Å². The molecule has 1 amide bonds. The summed E-state index contributed by atoms with van der Waals surface area (Å²) in [4.78, 5) is 27.7. The van der Waals surface area contributed by atoms with Gasteiger partial charge in [-0.05, 0) is 45.1 Å². The molecule has 1 atom stereocenters. The number of rotatable bonds is 7. The number of hydrogen-bond acceptors (Lipinski definition) is 7. The highest BCUT2D eigenvalue weighted by Crippen LogP contribution is 2.30. The van der Waals surface area contributed by atoms with Crippen molar-refractivity contribution < 1.29 is 14.3 Å². The van der Waals surface area contributed by atoms with Crippen molar-refractivity contribution in [3.8, 4) is 10.7 Å². The molecule has 1 aliphatic heterocycles. The van der Waals surface area contributed by atoms with Crippen molar-refractivity contribution in [3.05, 3.63) is 17.5 Å². The van der Waals surface area contributed by atoms with Gasteiger partial charge in [-0.1, -0.05) is 17.8 Å². The molecule has 0 radical (unpaired) electrons. The van der Waals surface area contributed by atoms with E-state index in [1.54, 1.807) is 11.3 Å². The van der Waals surface area contributed by atoms with Crippen molar-refractivity contribution in [2.45, 2.75) is 50.6 Å². The Bertz CT molecular complexity index is 798. The molecule has 9 heteroatoms. The zero-order valence-corrected chi connectivity index (χ0v) is 18.1. The largest absolute Gasteiger partial charge is 0.466 e. The lowest BCUT2D eigenvalue weighted by atomic mass is 9.97. The van der Waals surface area contributed by atoms with E-state index in [0.29, 0.717) is 32.5 Å². The summed E-state index contributed by atoms with van der Waals surface area (Å²) >= 11 is 3.07. The van der Waals surface area contributed by atoms with Crippen molar-refractivity contribution in [1.29, 1.82) is 0 Å². The molecule has 3 heterocycles. The van der Waals surface area contributed by atoms with E-state index >= 15 is 0 Å². The first-order chi connectivity index (χ1) is 13.5. The van der Waals surface area contributed by atoms with Crippen LogP contribution in [0.25, 0.3) is 10.7 Å². The maximum absolute atomic E-state index is 12.9. The number of ether oxygens (including phenoxy) is 1. The van der Waals surface area contributed by atoms with Crippen LogP contribution >= 0.6 is 23.1 Å². The highest BCUT2D eigenvalue weighted by molar-refractivity contribution is 8.00. The van der Waals surface area contributed by atoms with Crippen molar-refractivity contribution >= 4 is 35.0 Å². The smallest absolute Gasteiger partial charge is 0.309 e. The quantitative estimate of drug-likeness (QED) is 0.503. The van der Waals surface area contributed by atoms with E-state index < -0.39 is 0 Å². The second-order valence-corrected chi connectivity index (χ2v) is 8.90. The van der Waals surface area contributed by atoms with Crippen LogP contribution in [0.3, 0.4) is 0 Å². The lowest BCUT2D eigenvalue weighted by Gasteiger charge is -2.32. The van der Waals surface area contributed by atoms with Gasteiger partial charge in [-0.25, -0.2) is 0 Å². The van der Waals surface area contributed by atoms with E-state index in [9.17, 15) is 9.59 Å². The van der Waals surface area contributed by atoms with Gasteiger partial charge in [0.05, 0.1) is 22.7 Å². The first-order valence-electron chi connectivity index (χ1n) is 9.64. The highest BCUT2D eigenvalue weighted by Gasteiger charge is 2.31. The highest BCUT2D eigenvalue weighted by atomic mass is 32.2. The molecule has 1 saturated heterocycles. The lowest BCUT2D eigenvalue weighted by Crippen LogP contribution is -2.43. The van der Waals surface area contributed by atoms with Crippen LogP contribution in [0, 0.1) is 5.92 Å². The van der Waals surface area contributed by atoms with Crippen molar-refractivity contribution in [2.24, 2.45) is 5.92 Å². The van der Waals surface area contributed by atoms with Crippen LogP contribution in [0.2, 0.25) is 0 Å². The number of likely N-dealkylation sites (tertiary alicyclic amines) is 1. The van der Waals surface area contributed by atoms with Crippen LogP contribution in [0.5, 0.6) is 0 Å². The Morgan fingerprint density at radius 3 is 2.68 bits per heavy atom. The standard InChI is InChI=1S/C19H26N4O3S2/c1-4-23-16(15-7-6-12-27-15)20-21-19(23)28-13(3)17(24)22-10-8-14(9-11-22)18(25)26-5-2/h6-7,12-14H,4-5,8-11H2,1-3H3. The summed E-state index contributed by atoms with van der Waals surface area (Å²) in [6, 6.07) is 4.02. The number of amides is 1. The molecule has 0 aliphatic carbocycles. The Morgan fingerprint density at radius 2 is 2.07 bits per heavy atom. The fourth-order valence-corrected chi connectivity index (χ4v) is 5.02. The van der Waals surface area contributed by atoms with Gasteiger partial charge in [0, 0.05) is 19.6 Å². The van der Waals surface area contributed by atoms with E-state index in [4.69, 9.17) is 4.74 Å². The predicted molar refractivity (Wildman–Crippen MR) is 110 cm³/mol. The molecule has 0 aromatic carbocycles. The number of nitrogens with zero attached hydrogens (tertiary/aromatic N) is 4. The second-order valence-electron chi connectivity index (χ2n) is 6.64. The molecule has 0 spiro atoms. The summed E-state index contributed by atoms with van der Waals surface area (Å²) in [6.07, 6.45) is 1.32. The number of piperidine rings is 1. The molecule has 1 aliphatic rings. The molecule has 0 N–H and O–H groups in total. The molecule has 1 unspecified atom stereocenters. The minimum atomic E-state index is -0.259. The molecule has 3 rings (SSSR count). The minimum absolute atomic E-state index is 0.0793. The van der Waals surface area contributed by atoms with E-state index in [-0.39, 0.29) is 23.0 Å². The van der Waals surface area contributed by atoms with E-state index in [1.165, 1.54) is 11.8 Å². The third-order valence-corrected chi connectivity index (χ3v) is 6.76. The summed E-state index contributed by atoms with van der Waals surface area (Å²) in [6.45, 7) is 8.10. The SMILES string of the molecule is CCOC(=O)C1CCN(C(=O)C(C)Sc2nnc(-c3cccs3)n2CC)CC1. The normalized spacial score (nSPS) is 16.2. The summed E-state index contributed by atoms with van der Waals surface area (Å²) in [5.41, 5.74) is 0. The number of esters is 1. The zero-order valence-electron chi connectivity index (χ0n) is 16.5. The number of carbonyl (C=O) groups is 2. The van der Waals surface area contributed by atoms with Crippen molar-refractivity contribution in [2.75, 3.05) is 19.7 Å². The average Bonchev–Trinajstić information content (AvgIpc) is 3.37. The van der Waals surface area contributed by atoms with Gasteiger partial charge in [0.15, 0.2) is 11.0 Å². The van der Waals surface area contributed by atoms with Crippen LogP contribution in [-0.2, 0) is 20.9 Å². The summed E-state index contributed by atoms with van der Waals surface area (Å²) in [5, 5.41) is 11.2. The number of thioether (sulfide) groups is 1. The number of thiophene rings is 1.